The number of halogens is 1. The number of benzene rings is 1. The highest BCUT2D eigenvalue weighted by molar-refractivity contribution is 6.22. The van der Waals surface area contributed by atoms with E-state index >= 15 is 0 Å². The lowest BCUT2D eigenvalue weighted by Gasteiger charge is -2.32. The van der Waals surface area contributed by atoms with Crippen molar-refractivity contribution in [3.8, 4) is 0 Å². The number of carbonyl (C=O) groups excluding carboxylic acids is 4. The summed E-state index contributed by atoms with van der Waals surface area (Å²) >= 11 is 5.60. The van der Waals surface area contributed by atoms with Crippen molar-refractivity contribution in [2.24, 2.45) is 0 Å². The van der Waals surface area contributed by atoms with E-state index in [4.69, 9.17) is 11.6 Å². The van der Waals surface area contributed by atoms with E-state index in [9.17, 15) is 19.2 Å². The van der Waals surface area contributed by atoms with E-state index in [2.05, 4.69) is 5.32 Å². The molecule has 31 heavy (non-hydrogen) atoms. The second-order valence-electron chi connectivity index (χ2n) is 8.61. The number of carbonyl (C=O) groups is 4. The van der Waals surface area contributed by atoms with Crippen LogP contribution < -0.4 is 5.32 Å². The zero-order chi connectivity index (χ0) is 22.0. The van der Waals surface area contributed by atoms with Gasteiger partial charge in [-0.2, -0.15) is 0 Å². The van der Waals surface area contributed by atoms with Crippen molar-refractivity contribution in [2.45, 2.75) is 63.5 Å². The smallest absolute Gasteiger partial charge is 0.261 e. The zero-order valence-electron chi connectivity index (χ0n) is 17.6. The van der Waals surface area contributed by atoms with Crippen LogP contribution in [0.1, 0.15) is 82.4 Å². The monoisotopic (exact) mass is 445 g/mol. The van der Waals surface area contributed by atoms with E-state index < -0.39 is 0 Å². The summed E-state index contributed by atoms with van der Waals surface area (Å²) in [6.45, 7) is 1.06. The lowest BCUT2D eigenvalue weighted by molar-refractivity contribution is -0.121. The number of piperidine rings is 1. The summed E-state index contributed by atoms with van der Waals surface area (Å²) < 4.78 is 0. The number of alkyl halides is 1. The summed E-state index contributed by atoms with van der Waals surface area (Å²) in [6, 6.07) is 4.85. The highest BCUT2D eigenvalue weighted by Gasteiger charge is 2.40. The van der Waals surface area contributed by atoms with Crippen molar-refractivity contribution in [3.63, 3.8) is 0 Å². The van der Waals surface area contributed by atoms with Crippen molar-refractivity contribution < 1.29 is 19.2 Å². The van der Waals surface area contributed by atoms with Gasteiger partial charge in [0, 0.05) is 43.0 Å². The van der Waals surface area contributed by atoms with E-state index in [1.807, 2.05) is 0 Å². The highest BCUT2D eigenvalue weighted by atomic mass is 35.5. The molecule has 1 saturated carbocycles. The fraction of sp³-hybridized carbons (Fsp3) is 0.565. The predicted octanol–water partition coefficient (Wildman–Crippen LogP) is 2.97. The number of nitrogens with one attached hydrogen (secondary N) is 1. The third kappa shape index (κ3) is 4.47. The summed E-state index contributed by atoms with van der Waals surface area (Å²) in [5.41, 5.74) is 1.16. The number of imide groups is 1. The van der Waals surface area contributed by atoms with Crippen LogP contribution in [0.5, 0.6) is 0 Å². The normalized spacial score (nSPS) is 20.2. The number of hydrogen-bond acceptors (Lipinski definition) is 4. The van der Waals surface area contributed by atoms with E-state index in [1.54, 1.807) is 23.1 Å². The average Bonchev–Trinajstić information content (AvgIpc) is 3.04. The minimum atomic E-state index is -0.276. The molecule has 0 aromatic heterocycles. The van der Waals surface area contributed by atoms with Gasteiger partial charge in [0.25, 0.3) is 17.7 Å². The van der Waals surface area contributed by atoms with Crippen molar-refractivity contribution in [3.05, 3.63) is 34.9 Å². The number of fused-ring (bicyclic) bond motifs is 1. The van der Waals surface area contributed by atoms with Crippen molar-refractivity contribution in [2.75, 3.05) is 19.0 Å². The maximum atomic E-state index is 13.0. The molecule has 2 fully saturated rings. The standard InChI is InChI=1S/C23H28ClN3O4/c24-11-8-20(28)25-16-9-12-26(13-10-16)21(29)15-6-7-18-19(14-15)23(31)27(22(18)30)17-4-2-1-3-5-17/h6-7,14,16-17H,1-5,8-13H2,(H,25,28). The molecule has 4 rings (SSSR count). The number of nitrogens with zero attached hydrogens (tertiary/aromatic N) is 2. The van der Waals surface area contributed by atoms with Gasteiger partial charge in [-0.15, -0.1) is 11.6 Å². The lowest BCUT2D eigenvalue weighted by Crippen LogP contribution is -2.46. The molecule has 1 aliphatic carbocycles. The van der Waals surface area contributed by atoms with Crippen LogP contribution in [0.25, 0.3) is 0 Å². The van der Waals surface area contributed by atoms with Gasteiger partial charge in [-0.25, -0.2) is 0 Å². The van der Waals surface area contributed by atoms with Gasteiger partial charge in [-0.3, -0.25) is 24.1 Å². The van der Waals surface area contributed by atoms with Gasteiger partial charge in [0.1, 0.15) is 0 Å². The van der Waals surface area contributed by atoms with Crippen LogP contribution in [-0.4, -0.2) is 64.5 Å². The molecule has 0 spiro atoms. The van der Waals surface area contributed by atoms with Crippen LogP contribution in [0.4, 0.5) is 0 Å². The van der Waals surface area contributed by atoms with Crippen LogP contribution >= 0.6 is 11.6 Å². The number of amides is 4. The molecule has 3 aliphatic rings. The SMILES string of the molecule is O=C(CCCl)NC1CCN(C(=O)c2ccc3c(c2)C(=O)N(C2CCCCC2)C3=O)CC1. The number of hydrogen-bond donors (Lipinski definition) is 1. The van der Waals surface area contributed by atoms with E-state index in [0.29, 0.717) is 54.9 Å². The maximum Gasteiger partial charge on any atom is 0.261 e. The quantitative estimate of drug-likeness (QED) is 0.557. The van der Waals surface area contributed by atoms with Gasteiger partial charge in [-0.1, -0.05) is 19.3 Å². The molecule has 4 amide bonds. The topological polar surface area (TPSA) is 86.8 Å². The highest BCUT2D eigenvalue weighted by Crippen LogP contribution is 2.31. The molecule has 2 heterocycles. The second kappa shape index (κ2) is 9.39. The molecule has 2 aliphatic heterocycles. The average molecular weight is 446 g/mol. The zero-order valence-corrected chi connectivity index (χ0v) is 18.3. The van der Waals surface area contributed by atoms with E-state index in [0.717, 1.165) is 32.1 Å². The molecule has 1 saturated heterocycles. The van der Waals surface area contributed by atoms with Gasteiger partial charge < -0.3 is 10.2 Å². The number of likely N-dealkylation sites (tertiary alicyclic amines) is 1. The Morgan fingerprint density at radius 1 is 0.968 bits per heavy atom. The molecule has 7 nitrogen and oxygen atoms in total. The Balaban J connectivity index is 1.42. The minimum Gasteiger partial charge on any atom is -0.353 e. The summed E-state index contributed by atoms with van der Waals surface area (Å²) in [4.78, 5) is 53.7. The first-order valence-corrected chi connectivity index (χ1v) is 11.7. The Labute approximate surface area is 187 Å². The fourth-order valence-electron chi connectivity index (χ4n) is 4.86. The molecule has 8 heteroatoms. The van der Waals surface area contributed by atoms with Crippen LogP contribution in [-0.2, 0) is 4.79 Å². The van der Waals surface area contributed by atoms with Gasteiger partial charge in [0.15, 0.2) is 0 Å². The molecule has 0 radical (unpaired) electrons. The van der Waals surface area contributed by atoms with E-state index in [-0.39, 0.29) is 35.7 Å². The summed E-state index contributed by atoms with van der Waals surface area (Å²) in [5, 5.41) is 2.95. The first kappa shape index (κ1) is 21.8. The molecule has 0 unspecified atom stereocenters. The number of rotatable bonds is 5. The predicted molar refractivity (Wildman–Crippen MR) is 116 cm³/mol. The first-order chi connectivity index (χ1) is 15.0. The largest absolute Gasteiger partial charge is 0.353 e. The van der Waals surface area contributed by atoms with Crippen molar-refractivity contribution in [1.29, 1.82) is 0 Å². The van der Waals surface area contributed by atoms with Crippen LogP contribution in [0.3, 0.4) is 0 Å². The van der Waals surface area contributed by atoms with Gasteiger partial charge in [0.2, 0.25) is 5.91 Å². The van der Waals surface area contributed by atoms with E-state index in [1.165, 1.54) is 4.90 Å². The van der Waals surface area contributed by atoms with Crippen LogP contribution in [0.2, 0.25) is 0 Å². The molecular weight excluding hydrogens is 418 g/mol. The molecule has 0 atom stereocenters. The molecule has 1 N–H and O–H groups in total. The van der Waals surface area contributed by atoms with Gasteiger partial charge in [0.05, 0.1) is 11.1 Å². The summed E-state index contributed by atoms with van der Waals surface area (Å²) in [5.74, 6) is -0.434. The van der Waals surface area contributed by atoms with Crippen molar-refractivity contribution in [1.82, 2.24) is 15.1 Å². The summed E-state index contributed by atoms with van der Waals surface area (Å²) in [7, 11) is 0. The minimum absolute atomic E-state index is 0.0339. The Hall–Kier alpha value is -2.41. The van der Waals surface area contributed by atoms with Crippen molar-refractivity contribution >= 4 is 35.2 Å². The lowest BCUT2D eigenvalue weighted by atomic mass is 9.94. The third-order valence-corrected chi connectivity index (χ3v) is 6.76. The third-order valence-electron chi connectivity index (χ3n) is 6.57. The Bertz CT molecular complexity index is 889. The molecule has 1 aromatic carbocycles. The van der Waals surface area contributed by atoms with Gasteiger partial charge in [-0.05, 0) is 43.9 Å². The fourth-order valence-corrected chi connectivity index (χ4v) is 5.03. The Morgan fingerprint density at radius 3 is 2.32 bits per heavy atom. The first-order valence-electron chi connectivity index (χ1n) is 11.2. The molecular formula is C23H28ClN3O4. The second-order valence-corrected chi connectivity index (χ2v) is 8.98. The van der Waals surface area contributed by atoms with Gasteiger partial charge >= 0.3 is 0 Å². The molecule has 1 aromatic rings. The Morgan fingerprint density at radius 2 is 1.65 bits per heavy atom. The molecule has 0 bridgehead atoms. The molecule has 166 valence electrons. The summed E-state index contributed by atoms with van der Waals surface area (Å²) in [6.07, 6.45) is 6.57. The van der Waals surface area contributed by atoms with Crippen LogP contribution in [0.15, 0.2) is 18.2 Å². The Kier molecular flexibility index (Phi) is 6.60. The maximum absolute atomic E-state index is 13.0. The van der Waals surface area contributed by atoms with Crippen LogP contribution in [0, 0.1) is 0 Å².